The lowest BCUT2D eigenvalue weighted by atomic mass is 9.92. The molecule has 5 heteroatoms. The summed E-state index contributed by atoms with van der Waals surface area (Å²) in [5, 5.41) is 9.63. The third-order valence-corrected chi connectivity index (χ3v) is 5.10. The molecule has 0 spiro atoms. The summed E-state index contributed by atoms with van der Waals surface area (Å²) >= 11 is 3.54. The van der Waals surface area contributed by atoms with Crippen LogP contribution in [0.15, 0.2) is 22.7 Å². The number of ether oxygens (including phenoxy) is 1. The molecule has 0 saturated carbocycles. The van der Waals surface area contributed by atoms with Gasteiger partial charge in [0, 0.05) is 16.1 Å². The van der Waals surface area contributed by atoms with Crippen LogP contribution in [0.5, 0.6) is 5.75 Å². The summed E-state index contributed by atoms with van der Waals surface area (Å²) in [6.07, 6.45) is 5.90. The maximum atomic E-state index is 11.7. The summed E-state index contributed by atoms with van der Waals surface area (Å²) < 4.78 is 6.55. The quantitative estimate of drug-likeness (QED) is 0.745. The molecule has 0 amide bonds. The summed E-state index contributed by atoms with van der Waals surface area (Å²) in [5.41, 5.74) is 1.09. The third-order valence-electron chi connectivity index (χ3n) is 4.61. The van der Waals surface area contributed by atoms with E-state index in [1.54, 1.807) is 7.11 Å². The zero-order valence-corrected chi connectivity index (χ0v) is 15.5. The van der Waals surface area contributed by atoms with E-state index < -0.39 is 12.0 Å². The van der Waals surface area contributed by atoms with Gasteiger partial charge in [0.25, 0.3) is 0 Å². The Hall–Kier alpha value is -1.07. The number of aliphatic carboxylic acids is 1. The molecule has 2 atom stereocenters. The molecule has 0 bridgehead atoms. The molecule has 2 rings (SSSR count). The van der Waals surface area contributed by atoms with Crippen LogP contribution in [-0.4, -0.2) is 35.7 Å². The molecule has 1 fully saturated rings. The van der Waals surface area contributed by atoms with Crippen molar-refractivity contribution < 1.29 is 14.6 Å². The van der Waals surface area contributed by atoms with E-state index >= 15 is 0 Å². The van der Waals surface area contributed by atoms with Crippen molar-refractivity contribution >= 4 is 21.9 Å². The SMILES string of the molecule is CCCCC(c1cc(Br)ccc1OC)N1CCCCC1C(=O)O. The molecule has 0 aromatic heterocycles. The molecule has 1 aliphatic rings. The van der Waals surface area contributed by atoms with Crippen LogP contribution >= 0.6 is 15.9 Å². The summed E-state index contributed by atoms with van der Waals surface area (Å²) in [5.74, 6) is 0.129. The Kier molecular flexibility index (Phi) is 6.90. The first-order chi connectivity index (χ1) is 11.1. The lowest BCUT2D eigenvalue weighted by Gasteiger charge is -2.40. The fraction of sp³-hybridized carbons (Fsp3) is 0.611. The van der Waals surface area contributed by atoms with Crippen molar-refractivity contribution in [2.75, 3.05) is 13.7 Å². The van der Waals surface area contributed by atoms with Crippen LogP contribution in [0, 0.1) is 0 Å². The molecular formula is C18H26BrNO3. The van der Waals surface area contributed by atoms with Crippen LogP contribution < -0.4 is 4.74 Å². The van der Waals surface area contributed by atoms with Gasteiger partial charge in [0.1, 0.15) is 11.8 Å². The largest absolute Gasteiger partial charge is 0.496 e. The molecule has 1 saturated heterocycles. The number of carbonyl (C=O) groups is 1. The highest BCUT2D eigenvalue weighted by molar-refractivity contribution is 9.10. The molecule has 1 aromatic carbocycles. The minimum absolute atomic E-state index is 0.0869. The second kappa shape index (κ2) is 8.69. The number of carboxylic acid groups (broad SMARTS) is 1. The summed E-state index contributed by atoms with van der Waals surface area (Å²) in [6.45, 7) is 3.00. The average molecular weight is 384 g/mol. The molecule has 1 aromatic rings. The van der Waals surface area contributed by atoms with Gasteiger partial charge in [0.15, 0.2) is 0 Å². The zero-order chi connectivity index (χ0) is 16.8. The number of unbranched alkanes of at least 4 members (excludes halogenated alkanes) is 1. The van der Waals surface area contributed by atoms with Crippen LogP contribution in [0.3, 0.4) is 0 Å². The monoisotopic (exact) mass is 383 g/mol. The Morgan fingerprint density at radius 2 is 2.26 bits per heavy atom. The molecule has 0 radical (unpaired) electrons. The Balaban J connectivity index is 2.39. The van der Waals surface area contributed by atoms with Crippen LogP contribution in [-0.2, 0) is 4.79 Å². The molecule has 1 aliphatic heterocycles. The predicted octanol–water partition coefficient (Wildman–Crippen LogP) is 4.63. The van der Waals surface area contributed by atoms with Gasteiger partial charge < -0.3 is 9.84 Å². The highest BCUT2D eigenvalue weighted by Gasteiger charge is 2.35. The molecule has 4 nitrogen and oxygen atoms in total. The first-order valence-corrected chi connectivity index (χ1v) is 9.19. The van der Waals surface area contributed by atoms with Gasteiger partial charge in [0.05, 0.1) is 7.11 Å². The summed E-state index contributed by atoms with van der Waals surface area (Å²) in [7, 11) is 1.68. The fourth-order valence-corrected chi connectivity index (χ4v) is 3.83. The van der Waals surface area contributed by atoms with Gasteiger partial charge in [-0.25, -0.2) is 0 Å². The van der Waals surface area contributed by atoms with E-state index in [9.17, 15) is 9.90 Å². The van der Waals surface area contributed by atoms with Crippen LogP contribution in [0.25, 0.3) is 0 Å². The lowest BCUT2D eigenvalue weighted by molar-refractivity contribution is -0.146. The van der Waals surface area contributed by atoms with Gasteiger partial charge in [-0.1, -0.05) is 42.1 Å². The number of benzene rings is 1. The number of nitrogens with zero attached hydrogens (tertiary/aromatic N) is 1. The number of piperidine rings is 1. The van der Waals surface area contributed by atoms with Crippen molar-refractivity contribution in [3.05, 3.63) is 28.2 Å². The van der Waals surface area contributed by atoms with Crippen molar-refractivity contribution in [3.63, 3.8) is 0 Å². The highest BCUT2D eigenvalue weighted by atomic mass is 79.9. The van der Waals surface area contributed by atoms with E-state index in [2.05, 4.69) is 33.8 Å². The van der Waals surface area contributed by atoms with Crippen molar-refractivity contribution in [3.8, 4) is 5.75 Å². The molecule has 0 aliphatic carbocycles. The molecule has 1 N–H and O–H groups in total. The second-order valence-corrected chi connectivity index (χ2v) is 7.05. The van der Waals surface area contributed by atoms with E-state index in [0.717, 1.165) is 60.9 Å². The molecule has 2 unspecified atom stereocenters. The second-order valence-electron chi connectivity index (χ2n) is 6.13. The van der Waals surface area contributed by atoms with Crippen LogP contribution in [0.4, 0.5) is 0 Å². The van der Waals surface area contributed by atoms with Gasteiger partial charge in [-0.05, 0) is 44.0 Å². The predicted molar refractivity (Wildman–Crippen MR) is 94.9 cm³/mol. The van der Waals surface area contributed by atoms with Crippen molar-refractivity contribution in [2.24, 2.45) is 0 Å². The smallest absolute Gasteiger partial charge is 0.320 e. The van der Waals surface area contributed by atoms with Gasteiger partial charge >= 0.3 is 5.97 Å². The third kappa shape index (κ3) is 4.48. The number of likely N-dealkylation sites (tertiary alicyclic amines) is 1. The maximum absolute atomic E-state index is 11.7. The number of carboxylic acids is 1. The standard InChI is InChI=1S/C18H26BrNO3/c1-3-4-7-15(14-12-13(19)9-10-17(14)23-2)20-11-6-5-8-16(20)18(21)22/h9-10,12,15-16H,3-8,11H2,1-2H3,(H,21,22). The van der Waals surface area contributed by atoms with E-state index in [1.165, 1.54) is 0 Å². The highest BCUT2D eigenvalue weighted by Crippen LogP contribution is 2.38. The molecular weight excluding hydrogens is 358 g/mol. The van der Waals surface area contributed by atoms with Crippen molar-refractivity contribution in [1.82, 2.24) is 4.90 Å². The average Bonchev–Trinajstić information content (AvgIpc) is 2.55. The van der Waals surface area contributed by atoms with Crippen LogP contribution in [0.2, 0.25) is 0 Å². The summed E-state index contributed by atoms with van der Waals surface area (Å²) in [4.78, 5) is 13.9. The van der Waals surface area contributed by atoms with Gasteiger partial charge in [-0.15, -0.1) is 0 Å². The maximum Gasteiger partial charge on any atom is 0.320 e. The number of hydrogen-bond acceptors (Lipinski definition) is 3. The van der Waals surface area contributed by atoms with Gasteiger partial charge in [-0.2, -0.15) is 0 Å². The van der Waals surface area contributed by atoms with Crippen molar-refractivity contribution in [1.29, 1.82) is 0 Å². The first-order valence-electron chi connectivity index (χ1n) is 8.40. The van der Waals surface area contributed by atoms with E-state index in [1.807, 2.05) is 12.1 Å². The fourth-order valence-electron chi connectivity index (χ4n) is 3.46. The summed E-state index contributed by atoms with van der Waals surface area (Å²) in [6, 6.07) is 5.69. The Bertz CT molecular complexity index is 535. The minimum Gasteiger partial charge on any atom is -0.496 e. The van der Waals surface area contributed by atoms with Crippen LogP contribution in [0.1, 0.15) is 57.1 Å². The number of rotatable bonds is 7. The minimum atomic E-state index is -0.708. The zero-order valence-electron chi connectivity index (χ0n) is 13.9. The van der Waals surface area contributed by atoms with Crippen molar-refractivity contribution in [2.45, 2.75) is 57.5 Å². The van der Waals surface area contributed by atoms with E-state index in [-0.39, 0.29) is 6.04 Å². The number of halogens is 1. The number of methoxy groups -OCH3 is 1. The lowest BCUT2D eigenvalue weighted by Crippen LogP contribution is -2.46. The van der Waals surface area contributed by atoms with E-state index in [0.29, 0.717) is 0 Å². The topological polar surface area (TPSA) is 49.8 Å². The Labute approximate surface area is 147 Å². The van der Waals surface area contributed by atoms with Gasteiger partial charge in [-0.3, -0.25) is 9.69 Å². The Morgan fingerprint density at radius 1 is 1.48 bits per heavy atom. The van der Waals surface area contributed by atoms with Gasteiger partial charge in [0.2, 0.25) is 0 Å². The Morgan fingerprint density at radius 3 is 2.91 bits per heavy atom. The number of hydrogen-bond donors (Lipinski definition) is 1. The molecule has 23 heavy (non-hydrogen) atoms. The normalized spacial score (nSPS) is 20.2. The molecule has 128 valence electrons. The molecule has 1 heterocycles. The van der Waals surface area contributed by atoms with E-state index in [4.69, 9.17) is 4.74 Å². The first kappa shape index (κ1) is 18.3.